The third kappa shape index (κ3) is 5.98. The predicted molar refractivity (Wildman–Crippen MR) is 145 cm³/mol. The maximum Gasteiger partial charge on any atom is 0.254 e. The molecule has 0 spiro atoms. The molecule has 6 rings (SSSR count). The van der Waals surface area contributed by atoms with Crippen LogP contribution in [0.25, 0.3) is 10.8 Å². The Morgan fingerprint density at radius 3 is 2.37 bits per heavy atom. The summed E-state index contributed by atoms with van der Waals surface area (Å²) in [5, 5.41) is 6.28. The van der Waals surface area contributed by atoms with E-state index >= 15 is 0 Å². The van der Waals surface area contributed by atoms with E-state index in [0.29, 0.717) is 11.8 Å². The molecular weight excluding hydrogens is 450 g/mol. The number of carbonyl (C=O) groups excluding carboxylic acids is 1. The van der Waals surface area contributed by atoms with Crippen molar-refractivity contribution < 1.29 is 4.79 Å². The van der Waals surface area contributed by atoms with Gasteiger partial charge >= 0.3 is 0 Å². The van der Waals surface area contributed by atoms with Crippen LogP contribution in [0.2, 0.25) is 0 Å². The summed E-state index contributed by atoms with van der Waals surface area (Å²) in [7, 11) is 0. The number of benzene rings is 2. The molecule has 4 aromatic rings. The second-order valence-electron chi connectivity index (χ2n) is 9.56. The van der Waals surface area contributed by atoms with Gasteiger partial charge < -0.3 is 9.80 Å². The predicted octanol–water partition coefficient (Wildman–Crippen LogP) is 6.32. The summed E-state index contributed by atoms with van der Waals surface area (Å²) in [5.41, 5.74) is 2.08. The summed E-state index contributed by atoms with van der Waals surface area (Å²) in [4.78, 5) is 22.4. The van der Waals surface area contributed by atoms with Crippen LogP contribution in [-0.2, 0) is 0 Å². The monoisotopic (exact) mass is 483 g/mol. The van der Waals surface area contributed by atoms with Crippen molar-refractivity contribution in [3.05, 3.63) is 101 Å². The molecule has 5 heteroatoms. The van der Waals surface area contributed by atoms with Crippen LogP contribution >= 0.6 is 11.3 Å². The molecule has 180 valence electrons. The number of aromatic nitrogens is 1. The van der Waals surface area contributed by atoms with Crippen LogP contribution in [0.15, 0.2) is 89.8 Å². The van der Waals surface area contributed by atoms with Gasteiger partial charge in [-0.3, -0.25) is 9.78 Å². The molecule has 0 aliphatic carbocycles. The second-order valence-corrected chi connectivity index (χ2v) is 10.4. The molecule has 2 fully saturated rings. The summed E-state index contributed by atoms with van der Waals surface area (Å²) in [6.45, 7) is 5.12. The minimum atomic E-state index is 0.183. The van der Waals surface area contributed by atoms with Crippen LogP contribution in [-0.4, -0.2) is 53.4 Å². The molecule has 4 heterocycles. The van der Waals surface area contributed by atoms with Gasteiger partial charge in [0.25, 0.3) is 5.91 Å². The summed E-state index contributed by atoms with van der Waals surface area (Å²) in [6.07, 6.45) is 5.38. The lowest BCUT2D eigenvalue weighted by molar-refractivity contribution is 0.0784. The van der Waals surface area contributed by atoms with Crippen molar-refractivity contribution in [2.75, 3.05) is 32.7 Å². The molecule has 0 saturated carbocycles. The third-order valence-corrected chi connectivity index (χ3v) is 7.86. The first kappa shape index (κ1) is 23.7. The van der Waals surface area contributed by atoms with Crippen molar-refractivity contribution in [1.29, 1.82) is 0 Å². The highest BCUT2D eigenvalue weighted by Crippen LogP contribution is 2.29. The van der Waals surface area contributed by atoms with Gasteiger partial charge in [0.05, 0.1) is 0 Å². The highest BCUT2D eigenvalue weighted by atomic mass is 32.1. The number of carbonyl (C=O) groups is 1. The number of piperidine rings is 1. The van der Waals surface area contributed by atoms with Crippen molar-refractivity contribution in [3.8, 4) is 0 Å². The van der Waals surface area contributed by atoms with Crippen LogP contribution in [0.4, 0.5) is 0 Å². The van der Waals surface area contributed by atoms with Gasteiger partial charge in [-0.15, -0.1) is 0 Å². The molecule has 35 heavy (non-hydrogen) atoms. The van der Waals surface area contributed by atoms with Gasteiger partial charge in [0, 0.05) is 43.0 Å². The number of hydrogen-bond acceptors (Lipinski definition) is 4. The van der Waals surface area contributed by atoms with Crippen LogP contribution in [0.3, 0.4) is 0 Å². The Hall–Kier alpha value is -3.02. The molecule has 2 aliphatic rings. The Balaban J connectivity index is 0.000000453. The maximum atomic E-state index is 13.2. The fourth-order valence-corrected chi connectivity index (χ4v) is 5.82. The first-order chi connectivity index (χ1) is 17.3. The van der Waals surface area contributed by atoms with Crippen molar-refractivity contribution in [2.45, 2.75) is 25.2 Å². The number of rotatable bonds is 4. The second kappa shape index (κ2) is 11.6. The largest absolute Gasteiger partial charge is 0.338 e. The van der Waals surface area contributed by atoms with Gasteiger partial charge in [-0.2, -0.15) is 11.3 Å². The average Bonchev–Trinajstić information content (AvgIpc) is 3.65. The number of nitrogens with zero attached hydrogens (tertiary/aromatic N) is 3. The first-order valence-corrected chi connectivity index (χ1v) is 13.6. The Labute approximate surface area is 212 Å². The Kier molecular flexibility index (Phi) is 7.86. The van der Waals surface area contributed by atoms with Gasteiger partial charge in [0.1, 0.15) is 0 Å². The molecular formula is C30H33N3OS. The van der Waals surface area contributed by atoms with Gasteiger partial charge in [-0.05, 0) is 78.0 Å². The number of likely N-dealkylation sites (tertiary alicyclic amines) is 2. The third-order valence-electron chi connectivity index (χ3n) is 7.23. The van der Waals surface area contributed by atoms with Crippen molar-refractivity contribution in [2.24, 2.45) is 5.92 Å². The molecule has 0 bridgehead atoms. The molecule has 1 atom stereocenters. The molecule has 4 nitrogen and oxygen atoms in total. The fourth-order valence-electron chi connectivity index (χ4n) is 5.37. The van der Waals surface area contributed by atoms with Crippen LogP contribution in [0, 0.1) is 5.92 Å². The lowest BCUT2D eigenvalue weighted by Gasteiger charge is -2.33. The summed E-state index contributed by atoms with van der Waals surface area (Å²) < 4.78 is 0. The number of fused-ring (bicyclic) bond motifs is 1. The van der Waals surface area contributed by atoms with E-state index in [-0.39, 0.29) is 5.91 Å². The maximum absolute atomic E-state index is 13.2. The zero-order chi connectivity index (χ0) is 23.9. The topological polar surface area (TPSA) is 36.4 Å². The van der Waals surface area contributed by atoms with Gasteiger partial charge in [-0.25, -0.2) is 0 Å². The number of hydrogen-bond donors (Lipinski definition) is 0. The first-order valence-electron chi connectivity index (χ1n) is 12.7. The minimum Gasteiger partial charge on any atom is -0.338 e. The lowest BCUT2D eigenvalue weighted by atomic mass is 9.92. The van der Waals surface area contributed by atoms with Crippen molar-refractivity contribution in [1.82, 2.24) is 14.8 Å². The van der Waals surface area contributed by atoms with Crippen molar-refractivity contribution >= 4 is 28.0 Å². The molecule has 1 amide bonds. The standard InChI is InChI=1S/C26H29N3O.C4H4S/c30-26(24-9-5-7-21-6-1-2-8-23(21)24)29-17-11-20(19-29)18-28-15-12-22(13-16-28)25-10-3-4-14-27-25;1-2-4-5-3-1/h1-10,14,20,22H,11-13,15-19H2;1-4H/t20-;/m1./s1. The Morgan fingerprint density at radius 1 is 0.857 bits per heavy atom. The highest BCUT2D eigenvalue weighted by Gasteiger charge is 2.30. The van der Waals surface area contributed by atoms with Gasteiger partial charge in [-0.1, -0.05) is 54.6 Å². The quantitative estimate of drug-likeness (QED) is 0.341. The summed E-state index contributed by atoms with van der Waals surface area (Å²) in [5.74, 6) is 1.36. The van der Waals surface area contributed by atoms with E-state index in [1.807, 2.05) is 59.4 Å². The van der Waals surface area contributed by atoms with Gasteiger partial charge in [0.2, 0.25) is 0 Å². The van der Waals surface area contributed by atoms with E-state index in [1.54, 1.807) is 11.3 Å². The zero-order valence-corrected chi connectivity index (χ0v) is 20.9. The fraction of sp³-hybridized carbons (Fsp3) is 0.333. The molecule has 2 aromatic carbocycles. The van der Waals surface area contributed by atoms with E-state index in [9.17, 15) is 4.79 Å². The van der Waals surface area contributed by atoms with E-state index < -0.39 is 0 Å². The Morgan fingerprint density at radius 2 is 1.63 bits per heavy atom. The number of amides is 1. The molecule has 2 saturated heterocycles. The summed E-state index contributed by atoms with van der Waals surface area (Å²) >= 11 is 1.71. The Bertz CT molecular complexity index is 1180. The van der Waals surface area contributed by atoms with E-state index in [4.69, 9.17) is 0 Å². The molecule has 0 unspecified atom stereocenters. The normalized spacial score (nSPS) is 18.9. The lowest BCUT2D eigenvalue weighted by Crippen LogP contribution is -2.38. The van der Waals surface area contributed by atoms with E-state index in [2.05, 4.69) is 45.1 Å². The molecule has 2 aliphatic heterocycles. The molecule has 0 N–H and O–H groups in total. The zero-order valence-electron chi connectivity index (χ0n) is 20.1. The SMILES string of the molecule is O=C(c1cccc2ccccc12)N1CC[C@H](CN2CCC(c3ccccn3)CC2)C1.c1ccsc1. The van der Waals surface area contributed by atoms with Gasteiger partial charge in [0.15, 0.2) is 0 Å². The van der Waals surface area contributed by atoms with Crippen molar-refractivity contribution in [3.63, 3.8) is 0 Å². The highest BCUT2D eigenvalue weighted by molar-refractivity contribution is 7.07. The smallest absolute Gasteiger partial charge is 0.254 e. The molecule has 0 radical (unpaired) electrons. The van der Waals surface area contributed by atoms with Crippen LogP contribution < -0.4 is 0 Å². The number of pyridine rings is 1. The van der Waals surface area contributed by atoms with Crippen LogP contribution in [0.5, 0.6) is 0 Å². The average molecular weight is 484 g/mol. The summed E-state index contributed by atoms with van der Waals surface area (Å²) in [6, 6.07) is 24.5. The molecule has 2 aromatic heterocycles. The van der Waals surface area contributed by atoms with Crippen LogP contribution in [0.1, 0.15) is 41.2 Å². The minimum absolute atomic E-state index is 0.183. The van der Waals surface area contributed by atoms with E-state index in [0.717, 1.165) is 55.5 Å². The number of thiophene rings is 1. The van der Waals surface area contributed by atoms with E-state index in [1.165, 1.54) is 18.5 Å².